The molecule has 2 N–H and O–H groups in total. The van der Waals surface area contributed by atoms with Crippen molar-refractivity contribution in [2.75, 3.05) is 13.7 Å². The summed E-state index contributed by atoms with van der Waals surface area (Å²) in [5, 5.41) is 0. The number of rotatable bonds is 4. The van der Waals surface area contributed by atoms with Crippen LogP contribution in [0.4, 0.5) is 0 Å². The predicted molar refractivity (Wildman–Crippen MR) is 71.3 cm³/mol. The number of nitrogens with two attached hydrogens (primary N) is 1. The van der Waals surface area contributed by atoms with Gasteiger partial charge in [0.1, 0.15) is 5.75 Å². The molecule has 1 aliphatic rings. The molecule has 2 heteroatoms. The predicted octanol–water partition coefficient (Wildman–Crippen LogP) is 2.96. The summed E-state index contributed by atoms with van der Waals surface area (Å²) in [7, 11) is 1.74. The van der Waals surface area contributed by atoms with Crippen molar-refractivity contribution in [3.63, 3.8) is 0 Å². The van der Waals surface area contributed by atoms with Gasteiger partial charge in [0.05, 0.1) is 7.11 Å². The van der Waals surface area contributed by atoms with Crippen molar-refractivity contribution in [2.24, 2.45) is 17.6 Å². The van der Waals surface area contributed by atoms with Crippen LogP contribution >= 0.6 is 0 Å². The Hall–Kier alpha value is -1.02. The summed E-state index contributed by atoms with van der Waals surface area (Å²) in [6.07, 6.45) is 2.39. The average Bonchev–Trinajstić information content (AvgIpc) is 2.28. The Morgan fingerprint density at radius 2 is 2.00 bits per heavy atom. The molecule has 0 aromatic heterocycles. The summed E-state index contributed by atoms with van der Waals surface area (Å²) in [6.45, 7) is 5.32. The highest BCUT2D eigenvalue weighted by atomic mass is 16.5. The van der Waals surface area contributed by atoms with Gasteiger partial charge >= 0.3 is 0 Å². The minimum atomic E-state index is 0.154. The van der Waals surface area contributed by atoms with E-state index in [1.165, 1.54) is 18.4 Å². The molecule has 0 aliphatic heterocycles. The fourth-order valence-electron chi connectivity index (χ4n) is 2.99. The second kappa shape index (κ2) is 4.69. The normalized spacial score (nSPS) is 27.9. The molecule has 1 aliphatic carbocycles. The minimum Gasteiger partial charge on any atom is -0.496 e. The molecule has 0 spiro atoms. The van der Waals surface area contributed by atoms with Gasteiger partial charge in [-0.3, -0.25) is 0 Å². The van der Waals surface area contributed by atoms with Crippen molar-refractivity contribution in [2.45, 2.75) is 32.1 Å². The molecule has 0 amide bonds. The molecule has 1 fully saturated rings. The Bertz CT molecular complexity index is 380. The molecule has 17 heavy (non-hydrogen) atoms. The molecule has 0 saturated heterocycles. The van der Waals surface area contributed by atoms with Crippen LogP contribution in [0.5, 0.6) is 5.75 Å². The van der Waals surface area contributed by atoms with E-state index in [0.29, 0.717) is 0 Å². The molecule has 1 aromatic rings. The highest BCUT2D eigenvalue weighted by Gasteiger charge is 2.46. The van der Waals surface area contributed by atoms with E-state index in [-0.39, 0.29) is 5.41 Å². The fourth-order valence-corrected chi connectivity index (χ4v) is 2.99. The smallest absolute Gasteiger partial charge is 0.122 e. The van der Waals surface area contributed by atoms with Gasteiger partial charge in [0, 0.05) is 17.5 Å². The van der Waals surface area contributed by atoms with Gasteiger partial charge < -0.3 is 10.5 Å². The van der Waals surface area contributed by atoms with Crippen LogP contribution < -0.4 is 10.5 Å². The molecule has 0 heterocycles. The number of hydrogen-bond acceptors (Lipinski definition) is 2. The second-order valence-corrected chi connectivity index (χ2v) is 5.60. The van der Waals surface area contributed by atoms with Gasteiger partial charge in [0.2, 0.25) is 0 Å². The van der Waals surface area contributed by atoms with Crippen molar-refractivity contribution in [3.8, 4) is 5.75 Å². The number of methoxy groups -OCH3 is 1. The highest BCUT2D eigenvalue weighted by molar-refractivity contribution is 5.42. The van der Waals surface area contributed by atoms with Gasteiger partial charge in [-0.1, -0.05) is 32.0 Å². The molecule has 2 nitrogen and oxygen atoms in total. The molecule has 2 rings (SSSR count). The Balaban J connectivity index is 2.25. The lowest BCUT2D eigenvalue weighted by molar-refractivity contribution is 0.103. The Kier molecular flexibility index (Phi) is 3.43. The van der Waals surface area contributed by atoms with Crippen LogP contribution in [0.2, 0.25) is 0 Å². The standard InChI is InChI=1S/C15H23NO/c1-11(2)12-8-15(9-12,10-16)13-6-4-5-7-14(13)17-3/h4-7,11-12H,8-10,16H2,1-3H3. The molecule has 0 bridgehead atoms. The molecule has 1 aromatic carbocycles. The molecule has 0 unspecified atom stereocenters. The maximum atomic E-state index is 6.03. The van der Waals surface area contributed by atoms with Gasteiger partial charge in [0.15, 0.2) is 0 Å². The van der Waals surface area contributed by atoms with Gasteiger partial charge in [-0.05, 0) is 30.7 Å². The Morgan fingerprint density at radius 1 is 1.35 bits per heavy atom. The third-order valence-corrected chi connectivity index (χ3v) is 4.32. The van der Waals surface area contributed by atoms with E-state index in [1.807, 2.05) is 12.1 Å². The maximum Gasteiger partial charge on any atom is 0.122 e. The van der Waals surface area contributed by atoms with Crippen LogP contribution in [0.1, 0.15) is 32.3 Å². The molecule has 0 radical (unpaired) electrons. The Morgan fingerprint density at radius 3 is 2.53 bits per heavy atom. The lowest BCUT2D eigenvalue weighted by atomic mass is 9.56. The first-order valence-corrected chi connectivity index (χ1v) is 6.46. The molecular weight excluding hydrogens is 210 g/mol. The van der Waals surface area contributed by atoms with Crippen LogP contribution in [0.25, 0.3) is 0 Å². The largest absolute Gasteiger partial charge is 0.496 e. The molecule has 94 valence electrons. The zero-order valence-corrected chi connectivity index (χ0v) is 11.1. The average molecular weight is 233 g/mol. The summed E-state index contributed by atoms with van der Waals surface area (Å²) < 4.78 is 5.47. The minimum absolute atomic E-state index is 0.154. The summed E-state index contributed by atoms with van der Waals surface area (Å²) in [4.78, 5) is 0. The summed E-state index contributed by atoms with van der Waals surface area (Å²) in [5.74, 6) is 2.55. The SMILES string of the molecule is COc1ccccc1C1(CN)CC(C(C)C)C1. The third-order valence-electron chi connectivity index (χ3n) is 4.32. The van der Waals surface area contributed by atoms with Crippen molar-refractivity contribution in [3.05, 3.63) is 29.8 Å². The second-order valence-electron chi connectivity index (χ2n) is 5.60. The zero-order chi connectivity index (χ0) is 12.5. The van der Waals surface area contributed by atoms with Crippen molar-refractivity contribution >= 4 is 0 Å². The zero-order valence-electron chi connectivity index (χ0n) is 11.1. The van der Waals surface area contributed by atoms with E-state index in [1.54, 1.807) is 7.11 Å². The number of ether oxygens (including phenoxy) is 1. The molecule has 0 atom stereocenters. The van der Waals surface area contributed by atoms with Crippen LogP contribution in [-0.4, -0.2) is 13.7 Å². The topological polar surface area (TPSA) is 35.2 Å². The summed E-state index contributed by atoms with van der Waals surface area (Å²) in [6, 6.07) is 8.31. The summed E-state index contributed by atoms with van der Waals surface area (Å²) >= 11 is 0. The van der Waals surface area contributed by atoms with E-state index in [4.69, 9.17) is 10.5 Å². The van der Waals surface area contributed by atoms with E-state index >= 15 is 0 Å². The van der Waals surface area contributed by atoms with Crippen molar-refractivity contribution in [1.29, 1.82) is 0 Å². The van der Waals surface area contributed by atoms with Gasteiger partial charge in [-0.2, -0.15) is 0 Å². The van der Waals surface area contributed by atoms with E-state index in [0.717, 1.165) is 24.1 Å². The lowest BCUT2D eigenvalue weighted by Crippen LogP contribution is -2.48. The van der Waals surface area contributed by atoms with Gasteiger partial charge in [0.25, 0.3) is 0 Å². The number of benzene rings is 1. The first kappa shape index (κ1) is 12.4. The van der Waals surface area contributed by atoms with Crippen molar-refractivity contribution < 1.29 is 4.74 Å². The number of para-hydroxylation sites is 1. The fraction of sp³-hybridized carbons (Fsp3) is 0.600. The van der Waals surface area contributed by atoms with Crippen LogP contribution in [0.15, 0.2) is 24.3 Å². The van der Waals surface area contributed by atoms with E-state index in [2.05, 4.69) is 26.0 Å². The maximum absolute atomic E-state index is 6.03. The molecular formula is C15H23NO. The first-order chi connectivity index (χ1) is 8.13. The first-order valence-electron chi connectivity index (χ1n) is 6.46. The van der Waals surface area contributed by atoms with Crippen LogP contribution in [-0.2, 0) is 5.41 Å². The Labute approximate surface area is 104 Å². The summed E-state index contributed by atoms with van der Waals surface area (Å²) in [5.41, 5.74) is 7.48. The lowest BCUT2D eigenvalue weighted by Gasteiger charge is -2.50. The van der Waals surface area contributed by atoms with E-state index in [9.17, 15) is 0 Å². The third kappa shape index (κ3) is 2.06. The highest BCUT2D eigenvalue weighted by Crippen LogP contribution is 2.52. The van der Waals surface area contributed by atoms with Crippen LogP contribution in [0, 0.1) is 11.8 Å². The van der Waals surface area contributed by atoms with E-state index < -0.39 is 0 Å². The van der Waals surface area contributed by atoms with Crippen LogP contribution in [0.3, 0.4) is 0 Å². The van der Waals surface area contributed by atoms with Crippen molar-refractivity contribution in [1.82, 2.24) is 0 Å². The number of hydrogen-bond donors (Lipinski definition) is 1. The monoisotopic (exact) mass is 233 g/mol. The quantitative estimate of drug-likeness (QED) is 0.867. The van der Waals surface area contributed by atoms with Gasteiger partial charge in [-0.15, -0.1) is 0 Å². The van der Waals surface area contributed by atoms with Gasteiger partial charge in [-0.25, -0.2) is 0 Å². The molecule has 1 saturated carbocycles.